The van der Waals surface area contributed by atoms with Crippen LogP contribution in [0.15, 0.2) is 64.3 Å². The number of ether oxygens (including phenoxy) is 1. The first kappa shape index (κ1) is 18.5. The fourth-order valence-electron chi connectivity index (χ4n) is 2.21. The van der Waals surface area contributed by atoms with Gasteiger partial charge < -0.3 is 10.1 Å². The molecule has 2 aromatic carbocycles. The van der Waals surface area contributed by atoms with Crippen molar-refractivity contribution >= 4 is 34.7 Å². The maximum absolute atomic E-state index is 12.3. The van der Waals surface area contributed by atoms with Crippen molar-refractivity contribution in [3.8, 4) is 5.75 Å². The van der Waals surface area contributed by atoms with Gasteiger partial charge in [-0.1, -0.05) is 42.1 Å². The van der Waals surface area contributed by atoms with E-state index in [-0.39, 0.29) is 11.2 Å². The van der Waals surface area contributed by atoms with Crippen molar-refractivity contribution in [1.82, 2.24) is 4.98 Å². The van der Waals surface area contributed by atoms with Crippen LogP contribution >= 0.6 is 23.1 Å². The topological polar surface area (TPSA) is 51.2 Å². The second-order valence-corrected chi connectivity index (χ2v) is 8.25. The van der Waals surface area contributed by atoms with Crippen molar-refractivity contribution in [1.29, 1.82) is 0 Å². The third kappa shape index (κ3) is 5.34. The Bertz CT molecular complexity index is 848. The molecule has 134 valence electrons. The Hall–Kier alpha value is -2.31. The predicted molar refractivity (Wildman–Crippen MR) is 108 cm³/mol. The molecule has 0 aliphatic carbocycles. The molecule has 26 heavy (non-hydrogen) atoms. The van der Waals surface area contributed by atoms with E-state index in [9.17, 15) is 4.79 Å². The maximum atomic E-state index is 12.3. The van der Waals surface area contributed by atoms with Crippen molar-refractivity contribution in [2.75, 3.05) is 5.32 Å². The van der Waals surface area contributed by atoms with Gasteiger partial charge in [-0.3, -0.25) is 4.79 Å². The minimum absolute atomic E-state index is 0.0409. The lowest BCUT2D eigenvalue weighted by molar-refractivity contribution is -0.115. The van der Waals surface area contributed by atoms with Crippen LogP contribution in [0.5, 0.6) is 5.75 Å². The molecule has 1 atom stereocenters. The Labute approximate surface area is 161 Å². The molecule has 0 aliphatic heterocycles. The summed E-state index contributed by atoms with van der Waals surface area (Å²) in [5, 5.41) is 4.71. The highest BCUT2D eigenvalue weighted by molar-refractivity contribution is 8.02. The quantitative estimate of drug-likeness (QED) is 0.572. The van der Waals surface area contributed by atoms with Gasteiger partial charge >= 0.3 is 0 Å². The first-order chi connectivity index (χ1) is 12.6. The van der Waals surface area contributed by atoms with Gasteiger partial charge in [0.15, 0.2) is 4.34 Å². The number of nitrogens with one attached hydrogen (secondary N) is 1. The van der Waals surface area contributed by atoms with Crippen LogP contribution in [0, 0.1) is 6.92 Å². The SMILES string of the molecule is Cc1csc(S[C@H](C)C(=O)Nc2ccc(OCc3ccccc3)cc2)n1. The molecule has 3 aromatic rings. The average Bonchev–Trinajstić information content (AvgIpc) is 3.06. The minimum Gasteiger partial charge on any atom is -0.489 e. The third-order valence-electron chi connectivity index (χ3n) is 3.61. The number of thiazole rings is 1. The molecule has 4 nitrogen and oxygen atoms in total. The Balaban J connectivity index is 1.50. The highest BCUT2D eigenvalue weighted by Gasteiger charge is 2.16. The lowest BCUT2D eigenvalue weighted by atomic mass is 10.2. The number of carbonyl (C=O) groups excluding carboxylic acids is 1. The van der Waals surface area contributed by atoms with E-state index in [0.717, 1.165) is 27.0 Å². The van der Waals surface area contributed by atoms with Crippen LogP contribution < -0.4 is 10.1 Å². The zero-order chi connectivity index (χ0) is 18.4. The van der Waals surface area contributed by atoms with Crippen LogP contribution in [0.25, 0.3) is 0 Å². The van der Waals surface area contributed by atoms with Gasteiger partial charge in [-0.05, 0) is 43.7 Å². The standard InChI is InChI=1S/C20H20N2O2S2/c1-14-13-25-20(21-14)26-15(2)19(23)22-17-8-10-18(11-9-17)24-12-16-6-4-3-5-7-16/h3-11,13,15H,12H2,1-2H3,(H,22,23)/t15-/m1/s1. The summed E-state index contributed by atoms with van der Waals surface area (Å²) in [6.07, 6.45) is 0. The molecular formula is C20H20N2O2S2. The van der Waals surface area contributed by atoms with E-state index in [4.69, 9.17) is 4.74 Å². The summed E-state index contributed by atoms with van der Waals surface area (Å²) in [4.78, 5) is 16.7. The summed E-state index contributed by atoms with van der Waals surface area (Å²) >= 11 is 3.03. The van der Waals surface area contributed by atoms with E-state index in [2.05, 4.69) is 10.3 Å². The smallest absolute Gasteiger partial charge is 0.237 e. The van der Waals surface area contributed by atoms with Crippen LogP contribution in [0.2, 0.25) is 0 Å². The lowest BCUT2D eigenvalue weighted by Crippen LogP contribution is -2.22. The number of amides is 1. The van der Waals surface area contributed by atoms with Gasteiger partial charge in [0, 0.05) is 16.8 Å². The third-order valence-corrected chi connectivity index (χ3v) is 5.80. The number of nitrogens with zero attached hydrogens (tertiary/aromatic N) is 1. The summed E-state index contributed by atoms with van der Waals surface area (Å²) in [6.45, 7) is 4.36. The summed E-state index contributed by atoms with van der Waals surface area (Å²) < 4.78 is 6.67. The molecule has 0 radical (unpaired) electrons. The molecule has 0 spiro atoms. The number of hydrogen-bond acceptors (Lipinski definition) is 5. The lowest BCUT2D eigenvalue weighted by Gasteiger charge is -2.11. The largest absolute Gasteiger partial charge is 0.489 e. The number of aromatic nitrogens is 1. The van der Waals surface area contributed by atoms with E-state index in [0.29, 0.717) is 6.61 Å². The van der Waals surface area contributed by atoms with Gasteiger partial charge in [0.2, 0.25) is 5.91 Å². The van der Waals surface area contributed by atoms with E-state index in [1.165, 1.54) is 11.8 Å². The highest BCUT2D eigenvalue weighted by atomic mass is 32.2. The molecule has 1 N–H and O–H groups in total. The minimum atomic E-state index is -0.213. The Morgan fingerprint density at radius 2 is 1.92 bits per heavy atom. The fourth-order valence-corrected chi connectivity index (χ4v) is 4.20. The number of rotatable bonds is 7. The number of hydrogen-bond donors (Lipinski definition) is 1. The van der Waals surface area contributed by atoms with E-state index < -0.39 is 0 Å². The van der Waals surface area contributed by atoms with Gasteiger partial charge in [-0.25, -0.2) is 4.98 Å². The number of aryl methyl sites for hydroxylation is 1. The summed E-state index contributed by atoms with van der Waals surface area (Å²) in [5.74, 6) is 0.730. The van der Waals surface area contributed by atoms with Gasteiger partial charge in [-0.15, -0.1) is 11.3 Å². The molecular weight excluding hydrogens is 364 g/mol. The number of benzene rings is 2. The van der Waals surface area contributed by atoms with E-state index in [1.54, 1.807) is 11.3 Å². The van der Waals surface area contributed by atoms with Gasteiger partial charge in [0.25, 0.3) is 0 Å². The molecule has 0 unspecified atom stereocenters. The van der Waals surface area contributed by atoms with E-state index in [1.807, 2.05) is 73.8 Å². The Morgan fingerprint density at radius 1 is 1.19 bits per heavy atom. The Morgan fingerprint density at radius 3 is 2.58 bits per heavy atom. The van der Waals surface area contributed by atoms with Gasteiger partial charge in [0.1, 0.15) is 12.4 Å². The molecule has 6 heteroatoms. The first-order valence-corrected chi connectivity index (χ1v) is 10.0. The van der Waals surface area contributed by atoms with Crippen molar-refractivity contribution in [2.45, 2.75) is 30.0 Å². The maximum Gasteiger partial charge on any atom is 0.237 e. The van der Waals surface area contributed by atoms with Gasteiger partial charge in [0.05, 0.1) is 5.25 Å². The van der Waals surface area contributed by atoms with Crippen LogP contribution in [0.3, 0.4) is 0 Å². The summed E-state index contributed by atoms with van der Waals surface area (Å²) in [6, 6.07) is 17.4. The molecule has 0 bridgehead atoms. The molecule has 0 fully saturated rings. The second kappa shape index (κ2) is 8.87. The molecule has 1 heterocycles. The van der Waals surface area contributed by atoms with Gasteiger partial charge in [-0.2, -0.15) is 0 Å². The zero-order valence-corrected chi connectivity index (χ0v) is 16.3. The van der Waals surface area contributed by atoms with Crippen molar-refractivity contribution in [3.63, 3.8) is 0 Å². The molecule has 0 saturated heterocycles. The number of anilines is 1. The normalized spacial score (nSPS) is 11.8. The predicted octanol–water partition coefficient (Wildman–Crippen LogP) is 5.15. The van der Waals surface area contributed by atoms with Crippen LogP contribution in [-0.2, 0) is 11.4 Å². The van der Waals surface area contributed by atoms with Crippen molar-refractivity contribution in [2.24, 2.45) is 0 Å². The highest BCUT2D eigenvalue weighted by Crippen LogP contribution is 2.27. The summed E-state index contributed by atoms with van der Waals surface area (Å²) in [5.41, 5.74) is 2.86. The van der Waals surface area contributed by atoms with Crippen molar-refractivity contribution in [3.05, 3.63) is 71.2 Å². The van der Waals surface area contributed by atoms with Crippen LogP contribution in [-0.4, -0.2) is 16.1 Å². The van der Waals surface area contributed by atoms with Crippen molar-refractivity contribution < 1.29 is 9.53 Å². The molecule has 0 saturated carbocycles. The number of thioether (sulfide) groups is 1. The average molecular weight is 385 g/mol. The van der Waals surface area contributed by atoms with Crippen LogP contribution in [0.1, 0.15) is 18.2 Å². The second-order valence-electron chi connectivity index (χ2n) is 5.80. The monoisotopic (exact) mass is 384 g/mol. The fraction of sp³-hybridized carbons (Fsp3) is 0.200. The number of carbonyl (C=O) groups is 1. The van der Waals surface area contributed by atoms with Crippen LogP contribution in [0.4, 0.5) is 5.69 Å². The van der Waals surface area contributed by atoms with E-state index >= 15 is 0 Å². The molecule has 1 amide bonds. The Kier molecular flexibility index (Phi) is 6.30. The zero-order valence-electron chi connectivity index (χ0n) is 14.6. The molecule has 1 aromatic heterocycles. The summed E-state index contributed by atoms with van der Waals surface area (Å²) in [7, 11) is 0. The molecule has 3 rings (SSSR count). The molecule has 0 aliphatic rings. The first-order valence-electron chi connectivity index (χ1n) is 8.26.